The third kappa shape index (κ3) is 1.62. The van der Waals surface area contributed by atoms with Crippen molar-refractivity contribution in [3.63, 3.8) is 0 Å². The monoisotopic (exact) mass is 195 g/mol. The Hall–Kier alpha value is -1.03. The second kappa shape index (κ2) is 3.28. The number of ether oxygens (including phenoxy) is 1. The van der Waals surface area contributed by atoms with E-state index in [0.717, 1.165) is 19.2 Å². The van der Waals surface area contributed by atoms with Gasteiger partial charge in [0, 0.05) is 24.9 Å². The second-order valence-electron chi connectivity index (χ2n) is 4.56. The van der Waals surface area contributed by atoms with E-state index < -0.39 is 0 Å². The van der Waals surface area contributed by atoms with Crippen molar-refractivity contribution in [2.75, 3.05) is 18.5 Å². The summed E-state index contributed by atoms with van der Waals surface area (Å²) in [6.07, 6.45) is 3.73. The van der Waals surface area contributed by atoms with Crippen LogP contribution in [0.4, 0.5) is 5.95 Å². The molecule has 1 N–H and O–H groups in total. The van der Waals surface area contributed by atoms with Crippen LogP contribution in [0.1, 0.15) is 13.8 Å². The Morgan fingerprint density at radius 3 is 2.93 bits per heavy atom. The lowest BCUT2D eigenvalue weighted by atomic mass is 9.88. The SMILES string of the molecule is Cn1ccnc1NC1COCC1(C)C. The van der Waals surface area contributed by atoms with Crippen LogP contribution in [0.25, 0.3) is 0 Å². The van der Waals surface area contributed by atoms with Crippen molar-refractivity contribution in [2.24, 2.45) is 12.5 Å². The first-order valence-electron chi connectivity index (χ1n) is 4.91. The van der Waals surface area contributed by atoms with Gasteiger partial charge in [-0.3, -0.25) is 0 Å². The van der Waals surface area contributed by atoms with E-state index in [1.807, 2.05) is 17.8 Å². The normalized spacial score (nSPS) is 25.2. The highest BCUT2D eigenvalue weighted by Gasteiger charge is 2.36. The molecule has 2 rings (SSSR count). The maximum Gasteiger partial charge on any atom is 0.202 e. The molecule has 1 unspecified atom stereocenters. The van der Waals surface area contributed by atoms with Crippen LogP contribution in [-0.4, -0.2) is 28.8 Å². The first kappa shape index (κ1) is 9.52. The minimum absolute atomic E-state index is 0.186. The van der Waals surface area contributed by atoms with Gasteiger partial charge in [0.15, 0.2) is 0 Å². The van der Waals surface area contributed by atoms with Crippen molar-refractivity contribution in [3.8, 4) is 0 Å². The Morgan fingerprint density at radius 1 is 1.64 bits per heavy atom. The molecule has 0 spiro atoms. The average molecular weight is 195 g/mol. The fourth-order valence-electron chi connectivity index (χ4n) is 1.66. The molecule has 0 saturated carbocycles. The summed E-state index contributed by atoms with van der Waals surface area (Å²) < 4.78 is 7.44. The molecule has 1 aliphatic heterocycles. The molecule has 0 radical (unpaired) electrons. The molecule has 14 heavy (non-hydrogen) atoms. The van der Waals surface area contributed by atoms with Crippen LogP contribution in [0.3, 0.4) is 0 Å². The van der Waals surface area contributed by atoms with Gasteiger partial charge < -0.3 is 14.6 Å². The summed E-state index contributed by atoms with van der Waals surface area (Å²) in [5.41, 5.74) is 0.186. The highest BCUT2D eigenvalue weighted by Crippen LogP contribution is 2.29. The minimum Gasteiger partial charge on any atom is -0.379 e. The number of nitrogens with one attached hydrogen (secondary N) is 1. The van der Waals surface area contributed by atoms with Crippen LogP contribution in [-0.2, 0) is 11.8 Å². The van der Waals surface area contributed by atoms with E-state index in [4.69, 9.17) is 4.74 Å². The van der Waals surface area contributed by atoms with Gasteiger partial charge in [-0.1, -0.05) is 13.8 Å². The van der Waals surface area contributed by atoms with E-state index in [-0.39, 0.29) is 5.41 Å². The van der Waals surface area contributed by atoms with Gasteiger partial charge in [0.05, 0.1) is 19.3 Å². The highest BCUT2D eigenvalue weighted by atomic mass is 16.5. The fraction of sp³-hybridized carbons (Fsp3) is 0.700. The second-order valence-corrected chi connectivity index (χ2v) is 4.56. The summed E-state index contributed by atoms with van der Waals surface area (Å²) in [6, 6.07) is 0.351. The first-order valence-corrected chi connectivity index (χ1v) is 4.91. The van der Waals surface area contributed by atoms with Gasteiger partial charge in [0.1, 0.15) is 0 Å². The highest BCUT2D eigenvalue weighted by molar-refractivity contribution is 5.28. The van der Waals surface area contributed by atoms with E-state index in [2.05, 4.69) is 24.1 Å². The van der Waals surface area contributed by atoms with E-state index >= 15 is 0 Å². The summed E-state index contributed by atoms with van der Waals surface area (Å²) in [5.74, 6) is 0.911. The molecule has 4 heteroatoms. The largest absolute Gasteiger partial charge is 0.379 e. The molecule has 4 nitrogen and oxygen atoms in total. The summed E-state index contributed by atoms with van der Waals surface area (Å²) >= 11 is 0. The number of hydrogen-bond acceptors (Lipinski definition) is 3. The average Bonchev–Trinajstić information content (AvgIpc) is 2.62. The predicted molar refractivity (Wildman–Crippen MR) is 55.2 cm³/mol. The van der Waals surface area contributed by atoms with Crippen molar-refractivity contribution >= 4 is 5.95 Å². The fourth-order valence-corrected chi connectivity index (χ4v) is 1.66. The smallest absolute Gasteiger partial charge is 0.202 e. The van der Waals surface area contributed by atoms with E-state index in [1.165, 1.54) is 0 Å². The minimum atomic E-state index is 0.186. The lowest BCUT2D eigenvalue weighted by Crippen LogP contribution is -2.35. The molecule has 2 heterocycles. The first-order chi connectivity index (χ1) is 6.59. The zero-order valence-electron chi connectivity index (χ0n) is 8.95. The third-order valence-electron chi connectivity index (χ3n) is 2.83. The molecule has 1 aliphatic rings. The van der Waals surface area contributed by atoms with Crippen LogP contribution in [0.15, 0.2) is 12.4 Å². The number of imidazole rings is 1. The molecule has 0 amide bonds. The summed E-state index contributed by atoms with van der Waals surface area (Å²) in [4.78, 5) is 4.24. The van der Waals surface area contributed by atoms with Crippen molar-refractivity contribution in [3.05, 3.63) is 12.4 Å². The predicted octanol–water partition coefficient (Wildman–Crippen LogP) is 1.26. The van der Waals surface area contributed by atoms with Crippen LogP contribution >= 0.6 is 0 Å². The lowest BCUT2D eigenvalue weighted by Gasteiger charge is -2.25. The van der Waals surface area contributed by atoms with E-state index in [0.29, 0.717) is 6.04 Å². The molecule has 1 saturated heterocycles. The number of rotatable bonds is 2. The van der Waals surface area contributed by atoms with Crippen molar-refractivity contribution < 1.29 is 4.74 Å². The van der Waals surface area contributed by atoms with Crippen LogP contribution in [0.2, 0.25) is 0 Å². The van der Waals surface area contributed by atoms with Gasteiger partial charge in [0.25, 0.3) is 0 Å². The van der Waals surface area contributed by atoms with Crippen LogP contribution in [0, 0.1) is 5.41 Å². The van der Waals surface area contributed by atoms with Crippen molar-refractivity contribution in [2.45, 2.75) is 19.9 Å². The summed E-state index contributed by atoms with van der Waals surface area (Å²) in [6.45, 7) is 6.00. The maximum absolute atomic E-state index is 5.46. The standard InChI is InChI=1S/C10H17N3O/c1-10(2)7-14-6-8(10)12-9-11-4-5-13(9)3/h4-5,8H,6-7H2,1-3H3,(H,11,12). The van der Waals surface area contributed by atoms with Gasteiger partial charge in [-0.25, -0.2) is 4.98 Å². The Morgan fingerprint density at radius 2 is 2.43 bits per heavy atom. The van der Waals surface area contributed by atoms with Crippen molar-refractivity contribution in [1.29, 1.82) is 0 Å². The molecular weight excluding hydrogens is 178 g/mol. The molecule has 0 bridgehead atoms. The van der Waals surface area contributed by atoms with E-state index in [1.54, 1.807) is 6.20 Å². The van der Waals surface area contributed by atoms with E-state index in [9.17, 15) is 0 Å². The Labute approximate surface area is 84.3 Å². The molecule has 0 aromatic carbocycles. The van der Waals surface area contributed by atoms with Crippen molar-refractivity contribution in [1.82, 2.24) is 9.55 Å². The van der Waals surface area contributed by atoms with Gasteiger partial charge in [-0.2, -0.15) is 0 Å². The molecule has 78 valence electrons. The van der Waals surface area contributed by atoms with Gasteiger partial charge >= 0.3 is 0 Å². The number of nitrogens with zero attached hydrogens (tertiary/aromatic N) is 2. The Bertz CT molecular complexity index is 319. The molecular formula is C10H17N3O. The van der Waals surface area contributed by atoms with Gasteiger partial charge in [-0.15, -0.1) is 0 Å². The topological polar surface area (TPSA) is 39.1 Å². The zero-order chi connectivity index (χ0) is 10.2. The number of aryl methyl sites for hydroxylation is 1. The summed E-state index contributed by atoms with van der Waals surface area (Å²) in [7, 11) is 1.98. The van der Waals surface area contributed by atoms with Gasteiger partial charge in [-0.05, 0) is 0 Å². The molecule has 1 fully saturated rings. The Balaban J connectivity index is 2.08. The number of hydrogen-bond donors (Lipinski definition) is 1. The number of anilines is 1. The molecule has 1 atom stereocenters. The third-order valence-corrected chi connectivity index (χ3v) is 2.83. The molecule has 1 aromatic rings. The van der Waals surface area contributed by atoms with Crippen LogP contribution < -0.4 is 5.32 Å². The summed E-state index contributed by atoms with van der Waals surface area (Å²) in [5, 5.41) is 3.41. The van der Waals surface area contributed by atoms with Gasteiger partial charge in [0.2, 0.25) is 5.95 Å². The molecule has 1 aromatic heterocycles. The quantitative estimate of drug-likeness (QED) is 0.772. The van der Waals surface area contributed by atoms with Crippen LogP contribution in [0.5, 0.6) is 0 Å². The lowest BCUT2D eigenvalue weighted by molar-refractivity contribution is 0.167. The zero-order valence-corrected chi connectivity index (χ0v) is 8.95. The Kier molecular flexibility index (Phi) is 2.23. The maximum atomic E-state index is 5.46. The number of aromatic nitrogens is 2. The molecule has 0 aliphatic carbocycles.